The average molecular weight is 100 g/mol. The van der Waals surface area contributed by atoms with Gasteiger partial charge in [0.15, 0.2) is 0 Å². The smallest absolute Gasteiger partial charge is 0.0757 e. The highest BCUT2D eigenvalue weighted by Gasteiger charge is 2.01. The molecular weight excluding hydrogens is 88.1 g/mol. The summed E-state index contributed by atoms with van der Waals surface area (Å²) < 4.78 is 0. The Bertz CT molecular complexity index is 66.7. The molecule has 0 unspecified atom stereocenters. The molecule has 0 saturated heterocycles. The fourth-order valence-corrected chi connectivity index (χ4v) is 0.224. The summed E-state index contributed by atoms with van der Waals surface area (Å²) in [5, 5.41) is 8.22. The quantitative estimate of drug-likeness (QED) is 0.462. The molecule has 0 aliphatic heterocycles. The van der Waals surface area contributed by atoms with Gasteiger partial charge in [0.2, 0.25) is 0 Å². The van der Waals surface area contributed by atoms with Crippen molar-refractivity contribution in [3.63, 3.8) is 0 Å². The lowest BCUT2D eigenvalue weighted by atomic mass is 9.98. The lowest BCUT2D eigenvalue weighted by Gasteiger charge is -2.08. The van der Waals surface area contributed by atoms with E-state index in [0.29, 0.717) is 0 Å². The summed E-state index contributed by atoms with van der Waals surface area (Å²) in [5.41, 5.74) is 0.120. The Morgan fingerprint density at radius 1 is 1.29 bits per heavy atom. The molecule has 0 bridgehead atoms. The molecule has 0 rings (SSSR count). The highest BCUT2D eigenvalue weighted by atomic mass is 16.2. The Morgan fingerprint density at radius 2 is 1.71 bits per heavy atom. The van der Waals surface area contributed by atoms with E-state index in [0.717, 1.165) is 6.26 Å². The first kappa shape index (κ1) is 6.54. The molecule has 0 spiro atoms. The van der Waals surface area contributed by atoms with Gasteiger partial charge in [-0.05, 0) is 11.5 Å². The number of hydrogen-bond donors (Lipinski definition) is 1. The van der Waals surface area contributed by atoms with Crippen LogP contribution in [0.1, 0.15) is 20.8 Å². The summed E-state index contributed by atoms with van der Waals surface area (Å²) in [7, 11) is 0. The summed E-state index contributed by atoms with van der Waals surface area (Å²) in [6, 6.07) is 0. The lowest BCUT2D eigenvalue weighted by molar-refractivity contribution is 0.446. The van der Waals surface area contributed by atoms with Crippen molar-refractivity contribution in [3.05, 3.63) is 12.3 Å². The van der Waals surface area contributed by atoms with E-state index in [1.54, 1.807) is 6.08 Å². The maximum atomic E-state index is 8.22. The third kappa shape index (κ3) is 5.54. The molecular formula is C6H12O. The van der Waals surface area contributed by atoms with Crippen LogP contribution in [-0.2, 0) is 0 Å². The Balaban J connectivity index is 3.56. The molecule has 0 aliphatic rings. The van der Waals surface area contributed by atoms with Gasteiger partial charge in [0.05, 0.1) is 6.26 Å². The molecule has 0 heterocycles. The van der Waals surface area contributed by atoms with E-state index in [2.05, 4.69) is 0 Å². The first-order chi connectivity index (χ1) is 3.06. The average Bonchev–Trinajstić information content (AvgIpc) is 1.30. The van der Waals surface area contributed by atoms with Crippen molar-refractivity contribution in [2.75, 3.05) is 0 Å². The van der Waals surface area contributed by atoms with Crippen molar-refractivity contribution < 1.29 is 5.11 Å². The second kappa shape index (κ2) is 2.01. The van der Waals surface area contributed by atoms with Crippen molar-refractivity contribution in [2.45, 2.75) is 20.8 Å². The van der Waals surface area contributed by atoms with Gasteiger partial charge >= 0.3 is 0 Å². The number of aliphatic hydroxyl groups excluding tert-OH is 1. The van der Waals surface area contributed by atoms with Crippen LogP contribution < -0.4 is 0 Å². The van der Waals surface area contributed by atoms with E-state index in [1.165, 1.54) is 0 Å². The van der Waals surface area contributed by atoms with Crippen LogP contribution in [0, 0.1) is 5.41 Å². The van der Waals surface area contributed by atoms with Crippen molar-refractivity contribution in [1.29, 1.82) is 0 Å². The minimum absolute atomic E-state index is 0.120. The van der Waals surface area contributed by atoms with Gasteiger partial charge in [-0.15, -0.1) is 0 Å². The zero-order chi connectivity index (χ0) is 5.91. The van der Waals surface area contributed by atoms with Gasteiger partial charge in [0, 0.05) is 0 Å². The number of aliphatic hydroxyl groups is 1. The predicted molar refractivity (Wildman–Crippen MR) is 31.2 cm³/mol. The fourth-order valence-electron chi connectivity index (χ4n) is 0.224. The largest absolute Gasteiger partial charge is 0.516 e. The van der Waals surface area contributed by atoms with Crippen molar-refractivity contribution >= 4 is 0 Å². The first-order valence-electron chi connectivity index (χ1n) is 2.38. The summed E-state index contributed by atoms with van der Waals surface area (Å²) in [4.78, 5) is 0. The van der Waals surface area contributed by atoms with Gasteiger partial charge in [-0.1, -0.05) is 20.8 Å². The molecule has 0 fully saturated rings. The molecule has 0 aliphatic carbocycles. The molecule has 1 nitrogen and oxygen atoms in total. The van der Waals surface area contributed by atoms with Crippen molar-refractivity contribution in [1.82, 2.24) is 0 Å². The highest BCUT2D eigenvalue weighted by Crippen LogP contribution is 2.13. The van der Waals surface area contributed by atoms with Gasteiger partial charge in [-0.3, -0.25) is 0 Å². The third-order valence-corrected chi connectivity index (χ3v) is 0.575. The number of allylic oxidation sites excluding steroid dienone is 1. The van der Waals surface area contributed by atoms with E-state index in [9.17, 15) is 0 Å². The molecule has 0 aromatic rings. The Labute approximate surface area is 44.7 Å². The van der Waals surface area contributed by atoms with Gasteiger partial charge in [-0.2, -0.15) is 0 Å². The monoisotopic (exact) mass is 100 g/mol. The van der Waals surface area contributed by atoms with Crippen LogP contribution in [0.4, 0.5) is 0 Å². The second-order valence-corrected chi connectivity index (χ2v) is 2.68. The fraction of sp³-hybridized carbons (Fsp3) is 0.667. The molecule has 0 radical (unpaired) electrons. The molecule has 1 heteroatoms. The van der Waals surface area contributed by atoms with Crippen LogP contribution in [0.25, 0.3) is 0 Å². The summed E-state index contributed by atoms with van der Waals surface area (Å²) >= 11 is 0. The second-order valence-electron chi connectivity index (χ2n) is 2.68. The third-order valence-electron chi connectivity index (χ3n) is 0.575. The lowest BCUT2D eigenvalue weighted by Crippen LogP contribution is -1.97. The van der Waals surface area contributed by atoms with Crippen molar-refractivity contribution in [2.24, 2.45) is 5.41 Å². The molecule has 1 N–H and O–H groups in total. The van der Waals surface area contributed by atoms with Crippen LogP contribution in [0.15, 0.2) is 12.3 Å². The first-order valence-corrected chi connectivity index (χ1v) is 2.38. The van der Waals surface area contributed by atoms with E-state index < -0.39 is 0 Å². The van der Waals surface area contributed by atoms with Gasteiger partial charge in [0.25, 0.3) is 0 Å². The number of rotatable bonds is 0. The van der Waals surface area contributed by atoms with Gasteiger partial charge in [0.1, 0.15) is 0 Å². The molecule has 0 aromatic heterocycles. The molecule has 0 saturated carbocycles. The molecule has 42 valence electrons. The Kier molecular flexibility index (Phi) is 1.88. The minimum atomic E-state index is 0.120. The zero-order valence-corrected chi connectivity index (χ0v) is 5.10. The summed E-state index contributed by atoms with van der Waals surface area (Å²) in [6.45, 7) is 6.08. The van der Waals surface area contributed by atoms with Crippen LogP contribution in [-0.4, -0.2) is 5.11 Å². The summed E-state index contributed by atoms with van der Waals surface area (Å²) in [6.07, 6.45) is 2.83. The van der Waals surface area contributed by atoms with E-state index in [1.807, 2.05) is 20.8 Å². The molecule has 7 heavy (non-hydrogen) atoms. The van der Waals surface area contributed by atoms with Crippen LogP contribution >= 0.6 is 0 Å². The minimum Gasteiger partial charge on any atom is -0.516 e. The van der Waals surface area contributed by atoms with E-state index in [-0.39, 0.29) is 5.41 Å². The molecule has 0 aromatic carbocycles. The SMILES string of the molecule is CC(C)(C)/C=C\O. The van der Waals surface area contributed by atoms with Crippen LogP contribution in [0.5, 0.6) is 0 Å². The molecule has 0 atom stereocenters. The normalized spacial score (nSPS) is 13.0. The Hall–Kier alpha value is -0.460. The predicted octanol–water partition coefficient (Wildman–Crippen LogP) is 2.10. The highest BCUT2D eigenvalue weighted by molar-refractivity contribution is 4.85. The van der Waals surface area contributed by atoms with Crippen LogP contribution in [0.3, 0.4) is 0 Å². The van der Waals surface area contributed by atoms with Gasteiger partial charge in [-0.25, -0.2) is 0 Å². The standard InChI is InChI=1S/C6H12O/c1-6(2,3)4-5-7/h4-5,7H,1-3H3/b5-4-. The maximum absolute atomic E-state index is 8.22. The summed E-state index contributed by atoms with van der Waals surface area (Å²) in [5.74, 6) is 0. The molecule has 0 amide bonds. The van der Waals surface area contributed by atoms with Crippen LogP contribution in [0.2, 0.25) is 0 Å². The Morgan fingerprint density at radius 3 is 1.71 bits per heavy atom. The zero-order valence-electron chi connectivity index (χ0n) is 5.10. The van der Waals surface area contributed by atoms with E-state index >= 15 is 0 Å². The number of hydrogen-bond acceptors (Lipinski definition) is 1. The van der Waals surface area contributed by atoms with E-state index in [4.69, 9.17) is 5.11 Å². The van der Waals surface area contributed by atoms with Crippen molar-refractivity contribution in [3.8, 4) is 0 Å². The topological polar surface area (TPSA) is 20.2 Å². The maximum Gasteiger partial charge on any atom is 0.0757 e. The van der Waals surface area contributed by atoms with Gasteiger partial charge < -0.3 is 5.11 Å².